The van der Waals surface area contributed by atoms with E-state index in [-0.39, 0.29) is 9.52 Å². The Morgan fingerprint density at radius 1 is 0.811 bits per heavy atom. The van der Waals surface area contributed by atoms with E-state index in [4.69, 9.17) is 22.1 Å². The van der Waals surface area contributed by atoms with Gasteiger partial charge in [0.25, 0.3) is 0 Å². The summed E-state index contributed by atoms with van der Waals surface area (Å²) in [6.07, 6.45) is 10.1. The number of nitrogens with zero attached hydrogens (tertiary/aromatic N) is 2. The van der Waals surface area contributed by atoms with E-state index in [1.54, 1.807) is 0 Å². The van der Waals surface area contributed by atoms with Crippen LogP contribution in [0, 0.1) is 0 Å². The minimum atomic E-state index is -2.53. The van der Waals surface area contributed by atoms with Crippen LogP contribution < -0.4 is 5.32 Å². The molecule has 1 aliphatic rings. The van der Waals surface area contributed by atoms with Crippen molar-refractivity contribution in [2.45, 2.75) is 83.5 Å². The predicted molar refractivity (Wildman–Crippen MR) is 162 cm³/mol. The van der Waals surface area contributed by atoms with Crippen molar-refractivity contribution < 1.29 is 22.1 Å². The summed E-state index contributed by atoms with van der Waals surface area (Å²) in [6.45, 7) is 17.4. The lowest BCUT2D eigenvalue weighted by molar-refractivity contribution is 0.0708. The van der Waals surface area contributed by atoms with Crippen molar-refractivity contribution in [1.82, 2.24) is 15.1 Å². The van der Waals surface area contributed by atoms with Crippen molar-refractivity contribution in [3.05, 3.63) is 0 Å². The van der Waals surface area contributed by atoms with E-state index in [9.17, 15) is 0 Å². The van der Waals surface area contributed by atoms with Crippen molar-refractivity contribution in [1.29, 1.82) is 0 Å². The highest BCUT2D eigenvalue weighted by atomic mass is 28.4. The molecule has 0 spiro atoms. The number of hydrogen-bond acceptors (Lipinski definition) is 8. The topological polar surface area (TPSA) is 64.7 Å². The Kier molecular flexibility index (Phi) is 20.2. The highest BCUT2D eigenvalue weighted by Crippen LogP contribution is 2.28. The second kappa shape index (κ2) is 21.1. The van der Waals surface area contributed by atoms with Gasteiger partial charge in [-0.1, -0.05) is 32.1 Å². The number of hydrogen-bond donors (Lipinski definition) is 1. The molecule has 1 heterocycles. The molecule has 11 heteroatoms. The molecule has 222 valence electrons. The molecule has 1 fully saturated rings. The van der Waals surface area contributed by atoms with E-state index in [0.717, 1.165) is 25.2 Å². The van der Waals surface area contributed by atoms with Crippen LogP contribution in [-0.4, -0.2) is 123 Å². The fraction of sp³-hybridized carbons (Fsp3) is 1.00. The zero-order chi connectivity index (χ0) is 27.4. The Hall–Kier alpha value is 0.331. The van der Waals surface area contributed by atoms with Gasteiger partial charge in [-0.25, -0.2) is 0 Å². The van der Waals surface area contributed by atoms with Gasteiger partial charge >= 0.3 is 17.4 Å². The molecule has 1 atom stereocenters. The van der Waals surface area contributed by atoms with Gasteiger partial charge in [0.2, 0.25) is 0 Å². The van der Waals surface area contributed by atoms with Crippen LogP contribution in [-0.2, 0) is 22.1 Å². The summed E-state index contributed by atoms with van der Waals surface area (Å²) in [5.41, 5.74) is 0. The Labute approximate surface area is 233 Å². The van der Waals surface area contributed by atoms with Crippen LogP contribution in [0.25, 0.3) is 0 Å². The van der Waals surface area contributed by atoms with Gasteiger partial charge in [-0.05, 0) is 71.6 Å². The maximum absolute atomic E-state index is 5.99. The molecule has 1 unspecified atom stereocenters. The molecule has 37 heavy (non-hydrogen) atoms. The Bertz CT molecular complexity index is 525. The standard InChI is InChI=1S/C26H61N3O5Si3/c1-8-32-37(33-9-2,34-10-3)24-16-18-27-25-35-26(36(7,30-5)31-6)17-14-12-11-13-15-19-29-22-20-28(4)21-23-29/h26-27H,8-25,35H2,1-7H3. The first kappa shape index (κ1) is 35.4. The molecule has 0 aromatic heterocycles. The molecule has 0 aromatic rings. The monoisotopic (exact) mass is 579 g/mol. The minimum absolute atomic E-state index is 0.346. The quantitative estimate of drug-likeness (QED) is 0.138. The van der Waals surface area contributed by atoms with Crippen molar-refractivity contribution in [3.8, 4) is 0 Å². The van der Waals surface area contributed by atoms with Gasteiger partial charge < -0.3 is 37.2 Å². The Balaban J connectivity index is 2.31. The summed E-state index contributed by atoms with van der Waals surface area (Å²) in [6, 6.07) is 0.873. The average molecular weight is 580 g/mol. The first-order valence-corrected chi connectivity index (χ1v) is 21.2. The van der Waals surface area contributed by atoms with E-state index in [0.29, 0.717) is 25.0 Å². The van der Waals surface area contributed by atoms with Gasteiger partial charge in [0, 0.05) is 75.8 Å². The summed E-state index contributed by atoms with van der Waals surface area (Å²) in [4.78, 5) is 5.07. The molecule has 0 saturated carbocycles. The summed E-state index contributed by atoms with van der Waals surface area (Å²) >= 11 is 0. The molecule has 8 nitrogen and oxygen atoms in total. The van der Waals surface area contributed by atoms with E-state index in [1.165, 1.54) is 71.2 Å². The molecule has 0 bridgehead atoms. The van der Waals surface area contributed by atoms with Gasteiger partial charge in [0.15, 0.2) is 0 Å². The zero-order valence-corrected chi connectivity index (χ0v) is 28.9. The van der Waals surface area contributed by atoms with E-state index < -0.39 is 17.4 Å². The molecule has 0 amide bonds. The molecule has 0 aliphatic carbocycles. The van der Waals surface area contributed by atoms with Crippen LogP contribution >= 0.6 is 0 Å². The summed E-state index contributed by atoms with van der Waals surface area (Å²) < 4.78 is 29.9. The lowest BCUT2D eigenvalue weighted by Gasteiger charge is -2.32. The van der Waals surface area contributed by atoms with Gasteiger partial charge in [0.1, 0.15) is 0 Å². The van der Waals surface area contributed by atoms with Crippen molar-refractivity contribution in [3.63, 3.8) is 0 Å². The highest BCUT2D eigenvalue weighted by molar-refractivity contribution is 6.77. The summed E-state index contributed by atoms with van der Waals surface area (Å²) in [5.74, 6) is 0. The highest BCUT2D eigenvalue weighted by Gasteiger charge is 2.40. The van der Waals surface area contributed by atoms with Crippen molar-refractivity contribution >= 4 is 26.9 Å². The first-order valence-electron chi connectivity index (χ1n) is 15.0. The van der Waals surface area contributed by atoms with Crippen LogP contribution in [0.15, 0.2) is 0 Å². The van der Waals surface area contributed by atoms with Crippen LogP contribution in [0.1, 0.15) is 65.7 Å². The van der Waals surface area contributed by atoms with Crippen molar-refractivity contribution in [2.75, 3.05) is 86.5 Å². The maximum Gasteiger partial charge on any atom is 0.500 e. The lowest BCUT2D eigenvalue weighted by atomic mass is 10.1. The smallest absolute Gasteiger partial charge is 0.398 e. The fourth-order valence-corrected chi connectivity index (χ4v) is 14.3. The zero-order valence-electron chi connectivity index (χ0n) is 25.4. The third-order valence-corrected chi connectivity index (χ3v) is 19.2. The van der Waals surface area contributed by atoms with E-state index in [2.05, 4.69) is 28.7 Å². The molecule has 0 aromatic carbocycles. The average Bonchev–Trinajstić information content (AvgIpc) is 2.89. The predicted octanol–water partition coefficient (Wildman–Crippen LogP) is 3.42. The molecule has 1 N–H and O–H groups in total. The Morgan fingerprint density at radius 3 is 1.95 bits per heavy atom. The fourth-order valence-electron chi connectivity index (χ4n) is 5.25. The normalized spacial score (nSPS) is 17.3. The third-order valence-electron chi connectivity index (χ3n) is 7.77. The SMILES string of the molecule is CCO[Si](CCCNC[SiH2]C(CCCCCCCN1CCN(C)CC1)[Si](C)(OC)OC)(OCC)OCC. The first-order chi connectivity index (χ1) is 17.9. The molecule has 1 aliphatic heterocycles. The summed E-state index contributed by atoms with van der Waals surface area (Å²) in [7, 11) is 0.948. The van der Waals surface area contributed by atoms with E-state index >= 15 is 0 Å². The number of nitrogens with one attached hydrogen (secondary N) is 1. The van der Waals surface area contributed by atoms with Crippen LogP contribution in [0.5, 0.6) is 0 Å². The van der Waals surface area contributed by atoms with Crippen LogP contribution in [0.2, 0.25) is 17.8 Å². The number of rotatable bonds is 24. The van der Waals surface area contributed by atoms with Gasteiger partial charge in [-0.3, -0.25) is 0 Å². The Morgan fingerprint density at radius 2 is 1.38 bits per heavy atom. The number of piperazine rings is 1. The molecular weight excluding hydrogens is 519 g/mol. The maximum atomic E-state index is 5.99. The van der Waals surface area contributed by atoms with Crippen LogP contribution in [0.3, 0.4) is 0 Å². The van der Waals surface area contributed by atoms with Gasteiger partial charge in [-0.15, -0.1) is 0 Å². The van der Waals surface area contributed by atoms with Gasteiger partial charge in [-0.2, -0.15) is 0 Å². The molecule has 1 saturated heterocycles. The number of likely N-dealkylation sites (N-methyl/N-ethyl adjacent to an activating group) is 1. The largest absolute Gasteiger partial charge is 0.500 e. The van der Waals surface area contributed by atoms with Crippen molar-refractivity contribution in [2.24, 2.45) is 0 Å². The minimum Gasteiger partial charge on any atom is -0.398 e. The van der Waals surface area contributed by atoms with Gasteiger partial charge in [0.05, 0.1) is 0 Å². The molecule has 1 rings (SSSR count). The van der Waals surface area contributed by atoms with E-state index in [1.807, 2.05) is 35.0 Å². The molecule has 0 radical (unpaired) electrons. The molecular formula is C26H61N3O5Si3. The third kappa shape index (κ3) is 14.5. The van der Waals surface area contributed by atoms with Crippen LogP contribution in [0.4, 0.5) is 0 Å². The second-order valence-electron chi connectivity index (χ2n) is 10.4. The number of unbranched alkanes of at least 4 members (excludes halogenated alkanes) is 4. The summed E-state index contributed by atoms with van der Waals surface area (Å²) in [5, 5.41) is 4.35. The lowest BCUT2D eigenvalue weighted by Crippen LogP contribution is -2.47. The second-order valence-corrected chi connectivity index (χ2v) is 19.7.